The Morgan fingerprint density at radius 1 is 1.50 bits per heavy atom. The number of rotatable bonds is 1. The van der Waals surface area contributed by atoms with Crippen LogP contribution in [0.15, 0.2) is 12.3 Å². The highest BCUT2D eigenvalue weighted by Gasteiger charge is 2.12. The fourth-order valence-electron chi connectivity index (χ4n) is 1.69. The van der Waals surface area contributed by atoms with Crippen LogP contribution >= 0.6 is 0 Å². The van der Waals surface area contributed by atoms with Gasteiger partial charge in [-0.15, -0.1) is 0 Å². The second-order valence-corrected chi connectivity index (χ2v) is 3.52. The Hall–Kier alpha value is -0.890. The molecule has 0 aromatic carbocycles. The van der Waals surface area contributed by atoms with Crippen molar-refractivity contribution < 1.29 is 0 Å². The molecule has 2 rings (SSSR count). The summed E-state index contributed by atoms with van der Waals surface area (Å²) in [5.41, 5.74) is 9.61. The molecule has 0 saturated heterocycles. The molecule has 2 nitrogen and oxygen atoms in total. The Bertz CT molecular complexity index is 292. The molecule has 2 N–H and O–H groups in total. The van der Waals surface area contributed by atoms with E-state index in [-0.39, 0.29) is 6.04 Å². The molecular formula is C10H14N2. The van der Waals surface area contributed by atoms with Crippen LogP contribution in [0.1, 0.15) is 36.2 Å². The smallest absolute Gasteiger partial charge is 0.0435 e. The van der Waals surface area contributed by atoms with Gasteiger partial charge in [0, 0.05) is 17.9 Å². The number of nitrogens with two attached hydrogens (primary N) is 1. The molecule has 1 atom stereocenters. The van der Waals surface area contributed by atoms with Crippen molar-refractivity contribution in [3.63, 3.8) is 0 Å². The van der Waals surface area contributed by atoms with E-state index in [2.05, 4.69) is 11.1 Å². The van der Waals surface area contributed by atoms with Crippen molar-refractivity contribution in [2.45, 2.75) is 32.2 Å². The molecule has 0 aliphatic heterocycles. The summed E-state index contributed by atoms with van der Waals surface area (Å²) in [6, 6.07) is 2.32. The van der Waals surface area contributed by atoms with Crippen molar-refractivity contribution in [2.24, 2.45) is 5.73 Å². The number of hydrogen-bond acceptors (Lipinski definition) is 2. The summed E-state index contributed by atoms with van der Waals surface area (Å²) in [7, 11) is 0. The van der Waals surface area contributed by atoms with Crippen LogP contribution in [-0.2, 0) is 12.8 Å². The summed E-state index contributed by atoms with van der Waals surface area (Å²) in [6.07, 6.45) is 5.50. The minimum absolute atomic E-state index is 0.114. The molecule has 1 aliphatic rings. The molecule has 1 aromatic rings. The van der Waals surface area contributed by atoms with Gasteiger partial charge in [-0.2, -0.15) is 0 Å². The van der Waals surface area contributed by atoms with Gasteiger partial charge in [0.2, 0.25) is 0 Å². The van der Waals surface area contributed by atoms with Crippen LogP contribution in [0.25, 0.3) is 0 Å². The lowest BCUT2D eigenvalue weighted by Crippen LogP contribution is -2.06. The molecule has 1 heterocycles. The van der Waals surface area contributed by atoms with Crippen LogP contribution in [0.4, 0.5) is 0 Å². The summed E-state index contributed by atoms with van der Waals surface area (Å²) >= 11 is 0. The third kappa shape index (κ3) is 1.23. The number of fused-ring (bicyclic) bond motifs is 1. The lowest BCUT2D eigenvalue weighted by Gasteiger charge is -2.06. The minimum atomic E-state index is 0.114. The van der Waals surface area contributed by atoms with Gasteiger partial charge in [0.25, 0.3) is 0 Å². The first kappa shape index (κ1) is 7.74. The van der Waals surface area contributed by atoms with E-state index >= 15 is 0 Å². The van der Waals surface area contributed by atoms with Crippen LogP contribution in [0.2, 0.25) is 0 Å². The predicted octanol–water partition coefficient (Wildman–Crippen LogP) is 1.59. The molecule has 2 heteroatoms. The average molecular weight is 162 g/mol. The molecule has 0 fully saturated rings. The van der Waals surface area contributed by atoms with Gasteiger partial charge in [-0.05, 0) is 37.3 Å². The molecule has 0 amide bonds. The first-order valence-corrected chi connectivity index (χ1v) is 4.50. The van der Waals surface area contributed by atoms with Gasteiger partial charge in [-0.25, -0.2) is 0 Å². The van der Waals surface area contributed by atoms with E-state index in [1.54, 1.807) is 0 Å². The molecule has 0 saturated carbocycles. The van der Waals surface area contributed by atoms with E-state index in [0.717, 1.165) is 12.0 Å². The zero-order valence-corrected chi connectivity index (χ0v) is 7.38. The molecule has 1 aliphatic carbocycles. The quantitative estimate of drug-likeness (QED) is 0.681. The monoisotopic (exact) mass is 162 g/mol. The fraction of sp³-hybridized carbons (Fsp3) is 0.500. The van der Waals surface area contributed by atoms with Crippen molar-refractivity contribution in [3.05, 3.63) is 29.1 Å². The Morgan fingerprint density at radius 3 is 3.08 bits per heavy atom. The molecule has 1 unspecified atom stereocenters. The highest BCUT2D eigenvalue weighted by Crippen LogP contribution is 2.22. The van der Waals surface area contributed by atoms with Crippen LogP contribution < -0.4 is 5.73 Å². The van der Waals surface area contributed by atoms with Gasteiger partial charge in [-0.1, -0.05) is 6.07 Å². The van der Waals surface area contributed by atoms with E-state index in [0.29, 0.717) is 0 Å². The summed E-state index contributed by atoms with van der Waals surface area (Å²) in [5.74, 6) is 0. The Labute approximate surface area is 72.8 Å². The molecular weight excluding hydrogens is 148 g/mol. The highest BCUT2D eigenvalue weighted by atomic mass is 14.7. The van der Waals surface area contributed by atoms with E-state index < -0.39 is 0 Å². The van der Waals surface area contributed by atoms with Crippen molar-refractivity contribution in [1.82, 2.24) is 4.98 Å². The van der Waals surface area contributed by atoms with Gasteiger partial charge in [-0.3, -0.25) is 4.98 Å². The van der Waals surface area contributed by atoms with Gasteiger partial charge in [0.15, 0.2) is 0 Å². The highest BCUT2D eigenvalue weighted by molar-refractivity contribution is 5.30. The molecule has 1 aromatic heterocycles. The number of aryl methyl sites for hydroxylation is 2. The van der Waals surface area contributed by atoms with Gasteiger partial charge >= 0.3 is 0 Å². The zero-order valence-electron chi connectivity index (χ0n) is 7.38. The second kappa shape index (κ2) is 2.87. The van der Waals surface area contributed by atoms with Crippen LogP contribution in [0.5, 0.6) is 0 Å². The Kier molecular flexibility index (Phi) is 1.85. The molecule has 12 heavy (non-hydrogen) atoms. The Morgan fingerprint density at radius 2 is 2.33 bits per heavy atom. The molecule has 64 valence electrons. The van der Waals surface area contributed by atoms with Gasteiger partial charge in [0.1, 0.15) is 0 Å². The van der Waals surface area contributed by atoms with E-state index in [1.807, 2.05) is 13.1 Å². The lowest BCUT2D eigenvalue weighted by atomic mass is 10.1. The summed E-state index contributed by atoms with van der Waals surface area (Å²) < 4.78 is 0. The summed E-state index contributed by atoms with van der Waals surface area (Å²) in [4.78, 5) is 4.40. The number of hydrogen-bond donors (Lipinski definition) is 1. The third-order valence-electron chi connectivity index (χ3n) is 2.47. The van der Waals surface area contributed by atoms with Crippen LogP contribution in [0, 0.1) is 0 Å². The van der Waals surface area contributed by atoms with Gasteiger partial charge in [0.05, 0.1) is 0 Å². The van der Waals surface area contributed by atoms with E-state index in [9.17, 15) is 0 Å². The maximum atomic E-state index is 5.77. The van der Waals surface area contributed by atoms with Crippen molar-refractivity contribution in [2.75, 3.05) is 0 Å². The zero-order chi connectivity index (χ0) is 8.55. The Balaban J connectivity index is 2.39. The van der Waals surface area contributed by atoms with Crippen molar-refractivity contribution in [1.29, 1.82) is 0 Å². The first-order chi connectivity index (χ1) is 5.77. The maximum Gasteiger partial charge on any atom is 0.0435 e. The number of pyridine rings is 1. The molecule has 0 radical (unpaired) electrons. The fourth-order valence-corrected chi connectivity index (χ4v) is 1.69. The molecule has 0 bridgehead atoms. The standard InChI is InChI=1S/C10H14N2/c1-7(11)9-5-8-3-2-4-10(8)12-6-9/h5-7H,2-4,11H2,1H3. The first-order valence-electron chi connectivity index (χ1n) is 4.50. The summed E-state index contributed by atoms with van der Waals surface area (Å²) in [5, 5.41) is 0. The maximum absolute atomic E-state index is 5.77. The number of nitrogens with zero attached hydrogens (tertiary/aromatic N) is 1. The van der Waals surface area contributed by atoms with E-state index in [4.69, 9.17) is 5.73 Å². The largest absolute Gasteiger partial charge is 0.324 e. The van der Waals surface area contributed by atoms with E-state index in [1.165, 1.54) is 24.1 Å². The topological polar surface area (TPSA) is 38.9 Å². The predicted molar refractivity (Wildman–Crippen MR) is 48.9 cm³/mol. The van der Waals surface area contributed by atoms with Crippen molar-refractivity contribution in [3.8, 4) is 0 Å². The van der Waals surface area contributed by atoms with Crippen LogP contribution in [0.3, 0.4) is 0 Å². The van der Waals surface area contributed by atoms with Gasteiger partial charge < -0.3 is 5.73 Å². The summed E-state index contributed by atoms with van der Waals surface area (Å²) in [6.45, 7) is 2.00. The minimum Gasteiger partial charge on any atom is -0.324 e. The SMILES string of the molecule is CC(N)c1cnc2c(c1)CCC2. The normalized spacial score (nSPS) is 17.5. The number of aromatic nitrogens is 1. The lowest BCUT2D eigenvalue weighted by molar-refractivity contribution is 0.807. The average Bonchev–Trinajstić information content (AvgIpc) is 2.49. The second-order valence-electron chi connectivity index (χ2n) is 3.52. The third-order valence-corrected chi connectivity index (χ3v) is 2.47. The van der Waals surface area contributed by atoms with Crippen LogP contribution in [-0.4, -0.2) is 4.98 Å². The van der Waals surface area contributed by atoms with Crippen molar-refractivity contribution >= 4 is 0 Å². The molecule has 0 spiro atoms.